The second-order valence-corrected chi connectivity index (χ2v) is 4.64. The van der Waals surface area contributed by atoms with E-state index < -0.39 is 9.74 Å². The maximum Gasteiger partial charge on any atom is 0.250 e. The second kappa shape index (κ2) is 3.95. The van der Waals surface area contributed by atoms with E-state index in [0.717, 1.165) is 0 Å². The Morgan fingerprint density at radius 3 is 2.46 bits per heavy atom. The quantitative estimate of drug-likeness (QED) is 0.560. The molecule has 0 atom stereocenters. The average Bonchev–Trinajstić information content (AvgIpc) is 2.01. The molecule has 0 aliphatic heterocycles. The maximum absolute atomic E-state index is 12.8. The monoisotopic (exact) mass is 242 g/mol. The first-order chi connectivity index (χ1) is 5.93. The lowest BCUT2D eigenvalue weighted by Crippen LogP contribution is -2.10. The van der Waals surface area contributed by atoms with Gasteiger partial charge in [-0.3, -0.25) is 0 Å². The van der Waals surface area contributed by atoms with E-state index in [4.69, 9.17) is 34.8 Å². The van der Waals surface area contributed by atoms with Gasteiger partial charge >= 0.3 is 0 Å². The van der Waals surface area contributed by atoms with Crippen LogP contribution in [0.15, 0.2) is 6.07 Å². The molecule has 6 heteroatoms. The number of alkyl halides is 3. The van der Waals surface area contributed by atoms with Gasteiger partial charge in [-0.05, 0) is 6.42 Å². The number of hydrogen-bond acceptors (Lipinski definition) is 2. The van der Waals surface area contributed by atoms with E-state index in [9.17, 15) is 4.39 Å². The third kappa shape index (κ3) is 2.93. The number of halogens is 4. The van der Waals surface area contributed by atoms with Gasteiger partial charge in [0, 0.05) is 11.8 Å². The lowest BCUT2D eigenvalue weighted by atomic mass is 10.3. The highest BCUT2D eigenvalue weighted by molar-refractivity contribution is 6.66. The number of hydrogen-bond donors (Lipinski definition) is 0. The van der Waals surface area contributed by atoms with Crippen LogP contribution in [0.1, 0.15) is 18.4 Å². The van der Waals surface area contributed by atoms with E-state index in [2.05, 4.69) is 9.97 Å². The summed E-state index contributed by atoms with van der Waals surface area (Å²) in [6, 6.07) is 1.21. The van der Waals surface area contributed by atoms with Gasteiger partial charge < -0.3 is 0 Å². The van der Waals surface area contributed by atoms with E-state index in [1.807, 2.05) is 6.92 Å². The smallest absolute Gasteiger partial charge is 0.233 e. The summed E-state index contributed by atoms with van der Waals surface area (Å²) in [4.78, 5) is 7.26. The summed E-state index contributed by atoms with van der Waals surface area (Å²) < 4.78 is 11.0. The summed E-state index contributed by atoms with van der Waals surface area (Å²) in [6.07, 6.45) is 0.563. The highest BCUT2D eigenvalue weighted by atomic mass is 35.6. The van der Waals surface area contributed by atoms with E-state index in [-0.39, 0.29) is 5.82 Å². The summed E-state index contributed by atoms with van der Waals surface area (Å²) in [5.74, 6) is -0.817. The second-order valence-electron chi connectivity index (χ2n) is 2.36. The molecule has 0 aliphatic carbocycles. The molecule has 0 bridgehead atoms. The Kier molecular flexibility index (Phi) is 3.33. The molecule has 1 rings (SSSR count). The first kappa shape index (κ1) is 11.0. The minimum absolute atomic E-state index is 0.130. The van der Waals surface area contributed by atoms with E-state index >= 15 is 0 Å². The van der Waals surface area contributed by atoms with Crippen molar-refractivity contribution in [1.29, 1.82) is 0 Å². The van der Waals surface area contributed by atoms with Crippen LogP contribution in [0.3, 0.4) is 0 Å². The van der Waals surface area contributed by atoms with Crippen LogP contribution >= 0.6 is 34.8 Å². The topological polar surface area (TPSA) is 25.8 Å². The molecule has 0 N–H and O–H groups in total. The van der Waals surface area contributed by atoms with Crippen molar-refractivity contribution in [2.45, 2.75) is 17.1 Å². The minimum atomic E-state index is -1.77. The molecule has 0 amide bonds. The van der Waals surface area contributed by atoms with Crippen molar-refractivity contribution in [3.05, 3.63) is 23.5 Å². The zero-order valence-electron chi connectivity index (χ0n) is 6.69. The van der Waals surface area contributed by atoms with Gasteiger partial charge in [0.2, 0.25) is 9.74 Å². The van der Waals surface area contributed by atoms with Crippen LogP contribution in [0.4, 0.5) is 4.39 Å². The largest absolute Gasteiger partial charge is 0.250 e. The van der Waals surface area contributed by atoms with Gasteiger partial charge in [0.1, 0.15) is 0 Å². The number of nitrogens with zero attached hydrogens (tertiary/aromatic N) is 2. The molecular weight excluding hydrogens is 237 g/mol. The van der Waals surface area contributed by atoms with Crippen molar-refractivity contribution >= 4 is 34.8 Å². The summed E-state index contributed by atoms with van der Waals surface area (Å²) in [5.41, 5.74) is 0.508. The molecule has 0 aromatic carbocycles. The molecule has 1 aromatic heterocycles. The van der Waals surface area contributed by atoms with Crippen molar-refractivity contribution in [3.8, 4) is 0 Å². The van der Waals surface area contributed by atoms with Gasteiger partial charge in [0.15, 0.2) is 5.82 Å². The van der Waals surface area contributed by atoms with E-state index in [0.29, 0.717) is 12.1 Å². The normalized spacial score (nSPS) is 11.8. The van der Waals surface area contributed by atoms with Crippen molar-refractivity contribution in [1.82, 2.24) is 9.97 Å². The molecule has 1 heterocycles. The Morgan fingerprint density at radius 1 is 1.38 bits per heavy atom. The molecule has 0 radical (unpaired) electrons. The molecule has 0 fully saturated rings. The van der Waals surface area contributed by atoms with E-state index in [1.54, 1.807) is 0 Å². The first-order valence-corrected chi connectivity index (χ1v) is 4.67. The van der Waals surface area contributed by atoms with Crippen LogP contribution in [0, 0.1) is 5.95 Å². The van der Waals surface area contributed by atoms with Crippen LogP contribution < -0.4 is 0 Å². The maximum atomic E-state index is 12.8. The van der Waals surface area contributed by atoms with Gasteiger partial charge in [0.05, 0.1) is 0 Å². The number of aromatic nitrogens is 2. The van der Waals surface area contributed by atoms with Crippen LogP contribution in [0.5, 0.6) is 0 Å². The lowest BCUT2D eigenvalue weighted by Gasteiger charge is -2.09. The molecule has 1 aromatic rings. The fourth-order valence-corrected chi connectivity index (χ4v) is 1.03. The van der Waals surface area contributed by atoms with E-state index in [1.165, 1.54) is 6.07 Å². The molecule has 13 heavy (non-hydrogen) atoms. The summed E-state index contributed by atoms with van der Waals surface area (Å²) in [6.45, 7) is 1.82. The summed E-state index contributed by atoms with van der Waals surface area (Å²) >= 11 is 16.5. The van der Waals surface area contributed by atoms with Gasteiger partial charge in [-0.1, -0.05) is 41.7 Å². The average molecular weight is 243 g/mol. The Morgan fingerprint density at radius 2 is 2.00 bits per heavy atom. The van der Waals surface area contributed by atoms with Crippen LogP contribution in [-0.4, -0.2) is 9.97 Å². The number of rotatable bonds is 1. The molecule has 2 nitrogen and oxygen atoms in total. The summed E-state index contributed by atoms with van der Waals surface area (Å²) in [5, 5.41) is 0. The van der Waals surface area contributed by atoms with Gasteiger partial charge in [-0.15, -0.1) is 0 Å². The van der Waals surface area contributed by atoms with Crippen molar-refractivity contribution in [2.24, 2.45) is 0 Å². The van der Waals surface area contributed by atoms with Crippen molar-refractivity contribution in [3.63, 3.8) is 0 Å². The van der Waals surface area contributed by atoms with Gasteiger partial charge in [-0.2, -0.15) is 9.37 Å². The SMILES string of the molecule is CCc1cc(F)nc(C(Cl)(Cl)Cl)n1. The lowest BCUT2D eigenvalue weighted by molar-refractivity contribution is 0.566. The zero-order valence-corrected chi connectivity index (χ0v) is 8.96. The molecular formula is C7H6Cl3FN2. The number of aryl methyl sites for hydroxylation is 1. The fourth-order valence-electron chi connectivity index (χ4n) is 0.772. The van der Waals surface area contributed by atoms with Crippen molar-refractivity contribution < 1.29 is 4.39 Å². The standard InChI is InChI=1S/C7H6Cl3FN2/c1-2-4-3-5(11)13-6(12-4)7(8,9)10/h3H,2H2,1H3. The van der Waals surface area contributed by atoms with Crippen LogP contribution in [0.25, 0.3) is 0 Å². The predicted molar refractivity (Wildman–Crippen MR) is 50.6 cm³/mol. The Bertz CT molecular complexity index is 311. The van der Waals surface area contributed by atoms with Gasteiger partial charge in [0.25, 0.3) is 0 Å². The molecule has 0 saturated carbocycles. The predicted octanol–water partition coefficient (Wildman–Crippen LogP) is 3.00. The molecule has 0 spiro atoms. The molecule has 72 valence electrons. The third-order valence-corrected chi connectivity index (χ3v) is 1.87. The fraction of sp³-hybridized carbons (Fsp3) is 0.429. The van der Waals surface area contributed by atoms with Crippen LogP contribution in [0.2, 0.25) is 0 Å². The third-order valence-electron chi connectivity index (χ3n) is 1.36. The molecule has 0 saturated heterocycles. The zero-order chi connectivity index (χ0) is 10.1. The molecule has 0 aliphatic rings. The Balaban J connectivity index is 3.16. The highest BCUT2D eigenvalue weighted by Crippen LogP contribution is 2.35. The highest BCUT2D eigenvalue weighted by Gasteiger charge is 2.27. The first-order valence-electron chi connectivity index (χ1n) is 3.54. The Labute approximate surface area is 90.0 Å². The van der Waals surface area contributed by atoms with Gasteiger partial charge in [-0.25, -0.2) is 4.98 Å². The molecule has 0 unspecified atom stereocenters. The summed E-state index contributed by atoms with van der Waals surface area (Å²) in [7, 11) is 0. The minimum Gasteiger partial charge on any atom is -0.233 e. The van der Waals surface area contributed by atoms with Crippen molar-refractivity contribution in [2.75, 3.05) is 0 Å². The van der Waals surface area contributed by atoms with Crippen LogP contribution in [-0.2, 0) is 10.2 Å². The Hall–Kier alpha value is -0.120.